The number of nitrogens with one attached hydrogen (secondary N) is 2. The summed E-state index contributed by atoms with van der Waals surface area (Å²) < 4.78 is 0. The first kappa shape index (κ1) is 18.4. The Bertz CT molecular complexity index is 948. The first-order valence-electron chi connectivity index (χ1n) is 8.26. The molecule has 0 fully saturated rings. The average molecular weight is 378 g/mol. The number of carbonyl (C=O) groups excluding carboxylic acids is 1. The van der Waals surface area contributed by atoms with E-state index in [0.29, 0.717) is 35.1 Å². The molecule has 0 aliphatic rings. The molecule has 0 unspecified atom stereocenters. The van der Waals surface area contributed by atoms with Crippen molar-refractivity contribution in [2.45, 2.75) is 6.42 Å². The number of anilines is 2. The Morgan fingerprint density at radius 2 is 1.70 bits per heavy atom. The Labute approximate surface area is 161 Å². The third kappa shape index (κ3) is 5.27. The standard InChI is InChI=1S/C20H16ClN5O/c21-17-5-1-14(2-6-17)9-10-23-19(27)16-12-24-20(25-13-16)26-18-7-3-15(11-22)4-8-18/h1-8,12-13H,9-10H2,(H,23,27)(H,24,25,26). The lowest BCUT2D eigenvalue weighted by Gasteiger charge is -2.07. The van der Waals surface area contributed by atoms with Gasteiger partial charge in [-0.25, -0.2) is 9.97 Å². The van der Waals surface area contributed by atoms with Crippen molar-refractivity contribution in [3.63, 3.8) is 0 Å². The van der Waals surface area contributed by atoms with E-state index in [4.69, 9.17) is 16.9 Å². The Kier molecular flexibility index (Phi) is 5.98. The highest BCUT2D eigenvalue weighted by Crippen LogP contribution is 2.13. The van der Waals surface area contributed by atoms with Crippen molar-refractivity contribution in [2.75, 3.05) is 11.9 Å². The number of amides is 1. The van der Waals surface area contributed by atoms with Crippen LogP contribution in [0.5, 0.6) is 0 Å². The van der Waals surface area contributed by atoms with E-state index in [-0.39, 0.29) is 5.91 Å². The maximum Gasteiger partial charge on any atom is 0.254 e. The molecule has 2 N–H and O–H groups in total. The molecule has 0 aliphatic heterocycles. The predicted octanol–water partition coefficient (Wildman–Crippen LogP) is 3.72. The molecular weight excluding hydrogens is 362 g/mol. The number of hydrogen-bond donors (Lipinski definition) is 2. The van der Waals surface area contributed by atoms with Crippen LogP contribution in [0.2, 0.25) is 5.02 Å². The molecular formula is C20H16ClN5O. The Morgan fingerprint density at radius 1 is 1.04 bits per heavy atom. The third-order valence-corrected chi connectivity index (χ3v) is 4.05. The second kappa shape index (κ2) is 8.79. The van der Waals surface area contributed by atoms with Gasteiger partial charge in [0.15, 0.2) is 0 Å². The van der Waals surface area contributed by atoms with Gasteiger partial charge in [-0.1, -0.05) is 23.7 Å². The fourth-order valence-corrected chi connectivity index (χ4v) is 2.47. The zero-order chi connectivity index (χ0) is 19.1. The summed E-state index contributed by atoms with van der Waals surface area (Å²) >= 11 is 5.85. The summed E-state index contributed by atoms with van der Waals surface area (Å²) in [5, 5.41) is 15.3. The molecule has 6 nitrogen and oxygen atoms in total. The second-order valence-electron chi connectivity index (χ2n) is 5.74. The fraction of sp³-hybridized carbons (Fsp3) is 0.100. The van der Waals surface area contributed by atoms with Crippen LogP contribution >= 0.6 is 11.6 Å². The van der Waals surface area contributed by atoms with E-state index < -0.39 is 0 Å². The molecule has 1 heterocycles. The fourth-order valence-electron chi connectivity index (χ4n) is 2.34. The summed E-state index contributed by atoms with van der Waals surface area (Å²) in [5.74, 6) is 0.145. The molecule has 0 saturated heterocycles. The van der Waals surface area contributed by atoms with Crippen molar-refractivity contribution in [3.05, 3.63) is 82.6 Å². The molecule has 1 amide bonds. The van der Waals surface area contributed by atoms with E-state index >= 15 is 0 Å². The number of benzene rings is 2. The minimum Gasteiger partial charge on any atom is -0.352 e. The SMILES string of the molecule is N#Cc1ccc(Nc2ncc(C(=O)NCCc3ccc(Cl)cc3)cn2)cc1. The quantitative estimate of drug-likeness (QED) is 0.683. The van der Waals surface area contributed by atoms with E-state index in [1.807, 2.05) is 24.3 Å². The van der Waals surface area contributed by atoms with Gasteiger partial charge in [0, 0.05) is 29.6 Å². The van der Waals surface area contributed by atoms with Gasteiger partial charge in [0.2, 0.25) is 5.95 Å². The van der Waals surface area contributed by atoms with Crippen molar-refractivity contribution in [3.8, 4) is 6.07 Å². The molecule has 3 aromatic rings. The highest BCUT2D eigenvalue weighted by atomic mass is 35.5. The van der Waals surface area contributed by atoms with Crippen LogP contribution in [0.1, 0.15) is 21.5 Å². The van der Waals surface area contributed by atoms with Crippen molar-refractivity contribution < 1.29 is 4.79 Å². The molecule has 0 saturated carbocycles. The Morgan fingerprint density at radius 3 is 2.33 bits per heavy atom. The minimum absolute atomic E-state index is 0.228. The molecule has 0 aliphatic carbocycles. The van der Waals surface area contributed by atoms with Crippen LogP contribution in [0.25, 0.3) is 0 Å². The van der Waals surface area contributed by atoms with Gasteiger partial charge >= 0.3 is 0 Å². The van der Waals surface area contributed by atoms with Gasteiger partial charge in [0.1, 0.15) is 0 Å². The Balaban J connectivity index is 1.52. The second-order valence-corrected chi connectivity index (χ2v) is 6.18. The van der Waals surface area contributed by atoms with Crippen molar-refractivity contribution in [1.29, 1.82) is 5.26 Å². The first-order valence-corrected chi connectivity index (χ1v) is 8.64. The summed E-state index contributed by atoms with van der Waals surface area (Å²) in [7, 11) is 0. The summed E-state index contributed by atoms with van der Waals surface area (Å²) in [5.41, 5.74) is 2.82. The first-order chi connectivity index (χ1) is 13.1. The average Bonchev–Trinajstić information content (AvgIpc) is 2.70. The van der Waals surface area contributed by atoms with Gasteiger partial charge in [-0.3, -0.25) is 4.79 Å². The van der Waals surface area contributed by atoms with Crippen molar-refractivity contribution in [1.82, 2.24) is 15.3 Å². The lowest BCUT2D eigenvalue weighted by molar-refractivity contribution is 0.0953. The molecule has 27 heavy (non-hydrogen) atoms. The molecule has 0 atom stereocenters. The minimum atomic E-state index is -0.228. The molecule has 1 aromatic heterocycles. The summed E-state index contributed by atoms with van der Waals surface area (Å²) in [4.78, 5) is 20.5. The van der Waals surface area contributed by atoms with Gasteiger partial charge in [0.05, 0.1) is 17.2 Å². The lowest BCUT2D eigenvalue weighted by Crippen LogP contribution is -2.26. The predicted molar refractivity (Wildman–Crippen MR) is 104 cm³/mol. The van der Waals surface area contributed by atoms with E-state index in [1.54, 1.807) is 24.3 Å². The van der Waals surface area contributed by atoms with E-state index in [0.717, 1.165) is 11.3 Å². The molecule has 0 spiro atoms. The topological polar surface area (TPSA) is 90.7 Å². The van der Waals surface area contributed by atoms with Gasteiger partial charge in [-0.05, 0) is 48.4 Å². The van der Waals surface area contributed by atoms with Gasteiger partial charge < -0.3 is 10.6 Å². The van der Waals surface area contributed by atoms with Crippen LogP contribution < -0.4 is 10.6 Å². The Hall–Kier alpha value is -3.43. The summed E-state index contributed by atoms with van der Waals surface area (Å²) in [6.07, 6.45) is 3.65. The largest absolute Gasteiger partial charge is 0.352 e. The summed E-state index contributed by atoms with van der Waals surface area (Å²) in [6, 6.07) is 16.5. The number of halogens is 1. The van der Waals surface area contributed by atoms with Gasteiger partial charge in [-0.2, -0.15) is 5.26 Å². The molecule has 134 valence electrons. The highest BCUT2D eigenvalue weighted by Gasteiger charge is 2.07. The van der Waals surface area contributed by atoms with Gasteiger partial charge in [0.25, 0.3) is 5.91 Å². The molecule has 0 bridgehead atoms. The highest BCUT2D eigenvalue weighted by molar-refractivity contribution is 6.30. The molecule has 2 aromatic carbocycles. The van der Waals surface area contributed by atoms with Crippen LogP contribution in [0.4, 0.5) is 11.6 Å². The lowest BCUT2D eigenvalue weighted by atomic mass is 10.1. The van der Waals surface area contributed by atoms with E-state index in [9.17, 15) is 4.79 Å². The van der Waals surface area contributed by atoms with Crippen molar-refractivity contribution in [2.24, 2.45) is 0 Å². The monoisotopic (exact) mass is 377 g/mol. The number of carbonyl (C=O) groups is 1. The molecule has 7 heteroatoms. The number of rotatable bonds is 6. The van der Waals surface area contributed by atoms with Crippen LogP contribution in [0.15, 0.2) is 60.9 Å². The van der Waals surface area contributed by atoms with E-state index in [1.165, 1.54) is 12.4 Å². The number of nitriles is 1. The smallest absolute Gasteiger partial charge is 0.254 e. The summed E-state index contributed by atoms with van der Waals surface area (Å²) in [6.45, 7) is 0.506. The third-order valence-electron chi connectivity index (χ3n) is 3.80. The van der Waals surface area contributed by atoms with Crippen LogP contribution in [0, 0.1) is 11.3 Å². The molecule has 0 radical (unpaired) electrons. The zero-order valence-electron chi connectivity index (χ0n) is 14.3. The van der Waals surface area contributed by atoms with Crippen LogP contribution in [-0.2, 0) is 6.42 Å². The molecule has 3 rings (SSSR count). The number of nitrogens with zero attached hydrogens (tertiary/aromatic N) is 3. The van der Waals surface area contributed by atoms with Crippen LogP contribution in [0.3, 0.4) is 0 Å². The van der Waals surface area contributed by atoms with Gasteiger partial charge in [-0.15, -0.1) is 0 Å². The van der Waals surface area contributed by atoms with E-state index in [2.05, 4.69) is 26.7 Å². The number of aromatic nitrogens is 2. The normalized spacial score (nSPS) is 10.1. The number of hydrogen-bond acceptors (Lipinski definition) is 5. The van der Waals surface area contributed by atoms with Crippen molar-refractivity contribution >= 4 is 29.1 Å². The maximum absolute atomic E-state index is 12.2. The maximum atomic E-state index is 12.2. The van der Waals surface area contributed by atoms with Crippen LogP contribution in [-0.4, -0.2) is 22.4 Å². The zero-order valence-corrected chi connectivity index (χ0v) is 15.1.